The number of hydrogen-bond acceptors (Lipinski definition) is 10. The molecule has 0 aliphatic heterocycles. The zero-order valence-corrected chi connectivity index (χ0v) is 28.1. The maximum absolute atomic E-state index is 13.6. The van der Waals surface area contributed by atoms with E-state index in [0.717, 1.165) is 17.0 Å². The quantitative estimate of drug-likeness (QED) is 0.0956. The van der Waals surface area contributed by atoms with Gasteiger partial charge in [-0.2, -0.15) is 0 Å². The molecular formula is C35H44N8O5. The van der Waals surface area contributed by atoms with Crippen LogP contribution in [-0.4, -0.2) is 63.6 Å². The lowest BCUT2D eigenvalue weighted by Gasteiger charge is -2.21. The number of pyridine rings is 1. The molecule has 5 N–H and O–H groups in total. The zero-order chi connectivity index (χ0) is 34.8. The molecule has 254 valence electrons. The van der Waals surface area contributed by atoms with Gasteiger partial charge in [-0.15, -0.1) is 0 Å². The summed E-state index contributed by atoms with van der Waals surface area (Å²) in [5.74, 6) is 0.526. The van der Waals surface area contributed by atoms with E-state index in [4.69, 9.17) is 25.9 Å². The van der Waals surface area contributed by atoms with Gasteiger partial charge >= 0.3 is 11.9 Å². The van der Waals surface area contributed by atoms with E-state index in [9.17, 15) is 14.4 Å². The molecule has 2 aromatic heterocycles. The van der Waals surface area contributed by atoms with Crippen LogP contribution < -0.4 is 21.7 Å². The van der Waals surface area contributed by atoms with Crippen LogP contribution in [-0.2, 0) is 32.7 Å². The van der Waals surface area contributed by atoms with Crippen molar-refractivity contribution in [1.29, 1.82) is 0 Å². The summed E-state index contributed by atoms with van der Waals surface area (Å²) < 4.78 is 12.4. The van der Waals surface area contributed by atoms with Crippen LogP contribution in [0.4, 0.5) is 11.5 Å². The standard InChI is InChI=1S/C35H44N8O5/c1-6-47-32(44)16-18-43(30-9-7-8-17-38-30)34(45)25-12-15-29-28(20-25)41-31(42(29)5)21-39-26-13-10-24(11-14-26)33(37)40-23(4)48-35(46)27(36)19-22(2)3/h7-15,17,20,22-23,27,39H,6,16,18-19,21,36H2,1-5H3,(H2,37,40). The highest BCUT2D eigenvalue weighted by atomic mass is 16.6. The number of esters is 2. The van der Waals surface area contributed by atoms with Gasteiger partial charge in [0.25, 0.3) is 5.91 Å². The number of amidine groups is 1. The van der Waals surface area contributed by atoms with Crippen molar-refractivity contribution < 1.29 is 23.9 Å². The Hall–Kier alpha value is -5.30. The normalized spacial score (nSPS) is 12.9. The fourth-order valence-electron chi connectivity index (χ4n) is 5.06. The van der Waals surface area contributed by atoms with Crippen molar-refractivity contribution in [2.75, 3.05) is 23.4 Å². The summed E-state index contributed by atoms with van der Waals surface area (Å²) in [6.45, 7) is 8.17. The van der Waals surface area contributed by atoms with Crippen LogP contribution in [0.5, 0.6) is 0 Å². The van der Waals surface area contributed by atoms with E-state index < -0.39 is 18.2 Å². The molecule has 13 heteroatoms. The van der Waals surface area contributed by atoms with E-state index >= 15 is 0 Å². The third-order valence-electron chi connectivity index (χ3n) is 7.50. The molecule has 0 aliphatic rings. The van der Waals surface area contributed by atoms with Crippen molar-refractivity contribution in [2.45, 2.75) is 59.4 Å². The highest BCUT2D eigenvalue weighted by Gasteiger charge is 2.22. The number of nitrogens with zero attached hydrogens (tertiary/aromatic N) is 5. The van der Waals surface area contributed by atoms with Crippen LogP contribution in [0.3, 0.4) is 0 Å². The number of fused-ring (bicyclic) bond motifs is 1. The number of rotatable bonds is 15. The van der Waals surface area contributed by atoms with E-state index in [2.05, 4.69) is 15.3 Å². The number of aliphatic imine (C=N–C) groups is 1. The van der Waals surface area contributed by atoms with Gasteiger partial charge in [-0.25, -0.2) is 15.0 Å². The smallest absolute Gasteiger partial charge is 0.324 e. The maximum Gasteiger partial charge on any atom is 0.324 e. The van der Waals surface area contributed by atoms with Gasteiger partial charge < -0.3 is 30.8 Å². The average molecular weight is 657 g/mol. The Morgan fingerprint density at radius 2 is 1.77 bits per heavy atom. The molecular weight excluding hydrogens is 612 g/mol. The first-order valence-electron chi connectivity index (χ1n) is 15.9. The summed E-state index contributed by atoms with van der Waals surface area (Å²) >= 11 is 0. The Balaban J connectivity index is 1.42. The number of anilines is 2. The topological polar surface area (TPSA) is 180 Å². The van der Waals surface area contributed by atoms with Crippen molar-refractivity contribution >= 4 is 46.2 Å². The monoisotopic (exact) mass is 656 g/mol. The fourth-order valence-corrected chi connectivity index (χ4v) is 5.06. The minimum absolute atomic E-state index is 0.0421. The number of imidazole rings is 1. The van der Waals surface area contributed by atoms with Gasteiger partial charge in [0.15, 0.2) is 6.23 Å². The van der Waals surface area contributed by atoms with Crippen LogP contribution in [0.2, 0.25) is 0 Å². The molecule has 1 amide bonds. The number of aromatic nitrogens is 3. The SMILES string of the molecule is CCOC(=O)CCN(C(=O)c1ccc2c(c1)nc(CNc1ccc(/C(N)=N/C(C)OC(=O)C(N)CC(C)C)cc1)n2C)c1ccccn1. The lowest BCUT2D eigenvalue weighted by molar-refractivity contribution is -0.149. The Bertz CT molecular complexity index is 1740. The van der Waals surface area contributed by atoms with Crippen molar-refractivity contribution in [3.63, 3.8) is 0 Å². The average Bonchev–Trinajstić information content (AvgIpc) is 3.38. The number of carbonyl (C=O) groups excluding carboxylic acids is 3. The largest absolute Gasteiger partial charge is 0.466 e. The highest BCUT2D eigenvalue weighted by Crippen LogP contribution is 2.21. The molecule has 4 aromatic rings. The fraction of sp³-hybridized carbons (Fsp3) is 0.371. The molecule has 2 unspecified atom stereocenters. The van der Waals surface area contributed by atoms with Crippen LogP contribution >= 0.6 is 0 Å². The molecule has 0 fully saturated rings. The number of amides is 1. The molecule has 2 atom stereocenters. The molecule has 0 bridgehead atoms. The Kier molecular flexibility index (Phi) is 12.2. The minimum Gasteiger partial charge on any atom is -0.466 e. The second kappa shape index (κ2) is 16.5. The first-order valence-corrected chi connectivity index (χ1v) is 15.9. The van der Waals surface area contributed by atoms with Gasteiger partial charge in [-0.05, 0) is 80.8 Å². The van der Waals surface area contributed by atoms with E-state index in [1.165, 1.54) is 4.90 Å². The predicted molar refractivity (Wildman–Crippen MR) is 185 cm³/mol. The summed E-state index contributed by atoms with van der Waals surface area (Å²) in [6.07, 6.45) is 1.40. The summed E-state index contributed by atoms with van der Waals surface area (Å²) in [5, 5.41) is 3.36. The highest BCUT2D eigenvalue weighted by molar-refractivity contribution is 6.07. The zero-order valence-electron chi connectivity index (χ0n) is 28.1. The van der Waals surface area contributed by atoms with Gasteiger partial charge in [0.1, 0.15) is 23.5 Å². The third-order valence-corrected chi connectivity index (χ3v) is 7.50. The Labute approximate surface area is 280 Å². The summed E-state index contributed by atoms with van der Waals surface area (Å²) in [6, 6.07) is 17.3. The van der Waals surface area contributed by atoms with Gasteiger partial charge in [0.05, 0.1) is 30.6 Å². The van der Waals surface area contributed by atoms with E-state index in [1.807, 2.05) is 55.8 Å². The summed E-state index contributed by atoms with van der Waals surface area (Å²) in [5.41, 5.74) is 15.5. The number of benzene rings is 2. The number of carbonyl (C=O) groups is 3. The maximum atomic E-state index is 13.6. The summed E-state index contributed by atoms with van der Waals surface area (Å²) in [7, 11) is 1.91. The number of hydrogen-bond donors (Lipinski definition) is 3. The second-order valence-corrected chi connectivity index (χ2v) is 11.7. The third kappa shape index (κ3) is 9.38. The van der Waals surface area contributed by atoms with Crippen LogP contribution in [0.15, 0.2) is 71.9 Å². The second-order valence-electron chi connectivity index (χ2n) is 11.7. The van der Waals surface area contributed by atoms with Crippen molar-refractivity contribution in [3.05, 3.63) is 83.8 Å². The lowest BCUT2D eigenvalue weighted by Crippen LogP contribution is -2.35. The molecule has 2 aromatic carbocycles. The lowest BCUT2D eigenvalue weighted by atomic mass is 10.1. The molecule has 4 rings (SSSR count). The van der Waals surface area contributed by atoms with Gasteiger partial charge in [0.2, 0.25) is 0 Å². The van der Waals surface area contributed by atoms with Crippen LogP contribution in [0.1, 0.15) is 62.3 Å². The van der Waals surface area contributed by atoms with Crippen LogP contribution in [0.25, 0.3) is 11.0 Å². The number of nitrogens with two attached hydrogens (primary N) is 2. The molecule has 0 radical (unpaired) electrons. The number of nitrogens with one attached hydrogen (secondary N) is 1. The van der Waals surface area contributed by atoms with E-state index in [-0.39, 0.29) is 43.2 Å². The predicted octanol–water partition coefficient (Wildman–Crippen LogP) is 4.15. The molecule has 0 aliphatic carbocycles. The molecule has 0 saturated carbocycles. The van der Waals surface area contributed by atoms with E-state index in [1.54, 1.807) is 50.4 Å². The molecule has 2 heterocycles. The molecule has 13 nitrogen and oxygen atoms in total. The van der Waals surface area contributed by atoms with Crippen molar-refractivity contribution in [2.24, 2.45) is 29.4 Å². The first kappa shape index (κ1) is 35.6. The van der Waals surface area contributed by atoms with Gasteiger partial charge in [-0.1, -0.05) is 19.9 Å². The van der Waals surface area contributed by atoms with Gasteiger partial charge in [0, 0.05) is 36.6 Å². The molecule has 0 saturated heterocycles. The molecule has 0 spiro atoms. The Morgan fingerprint density at radius 3 is 2.44 bits per heavy atom. The first-order chi connectivity index (χ1) is 23.0. The number of ether oxygens (including phenoxy) is 2. The Morgan fingerprint density at radius 1 is 1.04 bits per heavy atom. The minimum atomic E-state index is -0.774. The van der Waals surface area contributed by atoms with Crippen molar-refractivity contribution in [1.82, 2.24) is 14.5 Å². The summed E-state index contributed by atoms with van der Waals surface area (Å²) in [4.78, 5) is 52.8. The van der Waals surface area contributed by atoms with Gasteiger partial charge in [-0.3, -0.25) is 19.3 Å². The molecule has 48 heavy (non-hydrogen) atoms. The van der Waals surface area contributed by atoms with Crippen LogP contribution in [0, 0.1) is 5.92 Å². The van der Waals surface area contributed by atoms with E-state index in [0.29, 0.717) is 35.4 Å². The van der Waals surface area contributed by atoms with Crippen molar-refractivity contribution in [3.8, 4) is 0 Å². The number of aryl methyl sites for hydroxylation is 1.